The van der Waals surface area contributed by atoms with Crippen LogP contribution in [0.15, 0.2) is 46.0 Å². The van der Waals surface area contributed by atoms with Crippen molar-refractivity contribution in [3.8, 4) is 11.5 Å². The van der Waals surface area contributed by atoms with Crippen LogP contribution >= 0.6 is 27.5 Å². The number of hydrogen-bond acceptors (Lipinski definition) is 5. The van der Waals surface area contributed by atoms with Crippen molar-refractivity contribution >= 4 is 51.2 Å². The molecular formula is C18H17BrClN3O4. The molecule has 2 aromatic carbocycles. The summed E-state index contributed by atoms with van der Waals surface area (Å²) in [5.74, 6) is -0.575. The van der Waals surface area contributed by atoms with Crippen LogP contribution < -0.4 is 15.5 Å². The molecule has 0 fully saturated rings. The van der Waals surface area contributed by atoms with E-state index in [0.717, 1.165) is 0 Å². The predicted octanol–water partition coefficient (Wildman–Crippen LogP) is 3.69. The summed E-state index contributed by atoms with van der Waals surface area (Å²) in [6, 6.07) is 9.94. The van der Waals surface area contributed by atoms with E-state index in [0.29, 0.717) is 20.7 Å². The maximum Gasteiger partial charge on any atom is 0.240 e. The first-order valence-electron chi connectivity index (χ1n) is 7.83. The number of nitrogens with zero attached hydrogens (tertiary/aromatic N) is 1. The Morgan fingerprint density at radius 2 is 2.00 bits per heavy atom. The molecule has 0 bridgehead atoms. The molecular weight excluding hydrogens is 438 g/mol. The summed E-state index contributed by atoms with van der Waals surface area (Å²) in [4.78, 5) is 23.6. The number of methoxy groups -OCH3 is 1. The van der Waals surface area contributed by atoms with Gasteiger partial charge in [-0.05, 0) is 30.3 Å². The Morgan fingerprint density at radius 3 is 2.70 bits per heavy atom. The molecule has 0 aliphatic rings. The first-order valence-corrected chi connectivity index (χ1v) is 9.00. The molecule has 0 unspecified atom stereocenters. The molecule has 0 aliphatic carbocycles. The van der Waals surface area contributed by atoms with Crippen molar-refractivity contribution < 1.29 is 19.4 Å². The van der Waals surface area contributed by atoms with Gasteiger partial charge in [-0.3, -0.25) is 9.59 Å². The Morgan fingerprint density at radius 1 is 1.26 bits per heavy atom. The van der Waals surface area contributed by atoms with Gasteiger partial charge >= 0.3 is 0 Å². The average molecular weight is 455 g/mol. The first kappa shape index (κ1) is 20.7. The second-order valence-corrected chi connectivity index (χ2v) is 6.75. The molecule has 2 amide bonds. The lowest BCUT2D eigenvalue weighted by Crippen LogP contribution is -2.20. The summed E-state index contributed by atoms with van der Waals surface area (Å²) in [5.41, 5.74) is 3.23. The fourth-order valence-corrected chi connectivity index (χ4v) is 2.74. The van der Waals surface area contributed by atoms with Crippen molar-refractivity contribution in [1.29, 1.82) is 0 Å². The second-order valence-electron chi connectivity index (χ2n) is 5.40. The fraction of sp³-hybridized carbons (Fsp3) is 0.167. The van der Waals surface area contributed by atoms with Crippen LogP contribution in [0.1, 0.15) is 18.4 Å². The number of phenols is 1. The van der Waals surface area contributed by atoms with Crippen LogP contribution in [0.25, 0.3) is 0 Å². The van der Waals surface area contributed by atoms with Gasteiger partial charge in [-0.2, -0.15) is 5.10 Å². The van der Waals surface area contributed by atoms with Gasteiger partial charge in [0.25, 0.3) is 0 Å². The summed E-state index contributed by atoms with van der Waals surface area (Å²) in [7, 11) is 1.43. The summed E-state index contributed by atoms with van der Waals surface area (Å²) >= 11 is 9.13. The van der Waals surface area contributed by atoms with Crippen LogP contribution in [-0.2, 0) is 9.59 Å². The summed E-state index contributed by atoms with van der Waals surface area (Å²) in [6.45, 7) is 0. The molecule has 7 nitrogen and oxygen atoms in total. The number of rotatable bonds is 7. The third-order valence-corrected chi connectivity index (χ3v) is 4.06. The molecule has 142 valence electrons. The lowest BCUT2D eigenvalue weighted by molar-refractivity contribution is -0.124. The highest BCUT2D eigenvalue weighted by Crippen LogP contribution is 2.32. The van der Waals surface area contributed by atoms with Crippen molar-refractivity contribution in [2.45, 2.75) is 12.8 Å². The van der Waals surface area contributed by atoms with E-state index in [1.807, 2.05) is 0 Å². The third kappa shape index (κ3) is 6.58. The number of hydrazone groups is 1. The minimum atomic E-state index is -0.436. The van der Waals surface area contributed by atoms with Crippen LogP contribution in [-0.4, -0.2) is 30.2 Å². The molecule has 9 heteroatoms. The molecule has 2 rings (SSSR count). The van der Waals surface area contributed by atoms with Gasteiger partial charge in [0.2, 0.25) is 11.8 Å². The molecule has 3 N–H and O–H groups in total. The molecule has 0 saturated heterocycles. The SMILES string of the molecule is COc1cc(Br)cc(/C=N/NC(=O)CCC(=O)Nc2cccc(Cl)c2)c1O. The third-order valence-electron chi connectivity index (χ3n) is 3.37. The van der Waals surface area contributed by atoms with Crippen molar-refractivity contribution in [2.75, 3.05) is 12.4 Å². The molecule has 27 heavy (non-hydrogen) atoms. The largest absolute Gasteiger partial charge is 0.504 e. The van der Waals surface area contributed by atoms with E-state index in [-0.39, 0.29) is 30.2 Å². The van der Waals surface area contributed by atoms with Crippen molar-refractivity contribution in [2.24, 2.45) is 5.10 Å². The number of benzene rings is 2. The molecule has 0 saturated carbocycles. The van der Waals surface area contributed by atoms with Gasteiger partial charge in [-0.25, -0.2) is 5.43 Å². The van der Waals surface area contributed by atoms with E-state index in [1.165, 1.54) is 13.3 Å². The summed E-state index contributed by atoms with van der Waals surface area (Å²) in [5, 5.41) is 16.9. The van der Waals surface area contributed by atoms with Crippen molar-refractivity contribution in [1.82, 2.24) is 5.43 Å². The number of anilines is 1. The predicted molar refractivity (Wildman–Crippen MR) is 107 cm³/mol. The standard InChI is InChI=1S/C18H17BrClN3O4/c1-27-15-8-12(19)7-11(18(15)26)10-21-23-17(25)6-5-16(24)22-14-4-2-3-13(20)9-14/h2-4,7-10,26H,5-6H2,1H3,(H,22,24)(H,23,25)/b21-10+. The molecule has 0 heterocycles. The molecule has 0 atom stereocenters. The molecule has 0 radical (unpaired) electrons. The fourth-order valence-electron chi connectivity index (χ4n) is 2.09. The number of nitrogens with one attached hydrogen (secondary N) is 2. The smallest absolute Gasteiger partial charge is 0.240 e. The zero-order chi connectivity index (χ0) is 19.8. The number of ether oxygens (including phenoxy) is 1. The molecule has 0 spiro atoms. The van der Waals surface area contributed by atoms with Gasteiger partial charge in [0, 0.05) is 33.6 Å². The Labute approximate surface area is 169 Å². The Bertz CT molecular complexity index is 874. The second kappa shape index (κ2) is 9.94. The van der Waals surface area contributed by atoms with Crippen LogP contribution in [0.2, 0.25) is 5.02 Å². The quantitative estimate of drug-likeness (QED) is 0.439. The average Bonchev–Trinajstić information content (AvgIpc) is 2.62. The number of aromatic hydroxyl groups is 1. The maximum atomic E-state index is 11.9. The summed E-state index contributed by atoms with van der Waals surface area (Å²) in [6.07, 6.45) is 1.23. The maximum absolute atomic E-state index is 11.9. The van der Waals surface area contributed by atoms with Gasteiger partial charge in [-0.15, -0.1) is 0 Å². The van der Waals surface area contributed by atoms with Crippen molar-refractivity contribution in [3.05, 3.63) is 51.5 Å². The number of halogens is 2. The lowest BCUT2D eigenvalue weighted by Gasteiger charge is -2.07. The van der Waals surface area contributed by atoms with Gasteiger partial charge < -0.3 is 15.2 Å². The van der Waals surface area contributed by atoms with E-state index in [4.69, 9.17) is 16.3 Å². The lowest BCUT2D eigenvalue weighted by atomic mass is 10.2. The number of carbonyl (C=O) groups excluding carboxylic acids is 2. The van der Waals surface area contributed by atoms with Crippen LogP contribution in [0.5, 0.6) is 11.5 Å². The van der Waals surface area contributed by atoms with Crippen LogP contribution in [0.4, 0.5) is 5.69 Å². The highest BCUT2D eigenvalue weighted by atomic mass is 79.9. The Balaban J connectivity index is 1.83. The Hall–Kier alpha value is -2.58. The summed E-state index contributed by atoms with van der Waals surface area (Å²) < 4.78 is 5.72. The van der Waals surface area contributed by atoms with E-state index in [1.54, 1.807) is 36.4 Å². The van der Waals surface area contributed by atoms with Gasteiger partial charge in [0.05, 0.1) is 13.3 Å². The molecule has 0 aromatic heterocycles. The number of phenolic OH excluding ortho intramolecular Hbond substituents is 1. The first-order chi connectivity index (χ1) is 12.9. The highest BCUT2D eigenvalue weighted by molar-refractivity contribution is 9.10. The normalized spacial score (nSPS) is 10.6. The van der Waals surface area contributed by atoms with Gasteiger partial charge in [0.15, 0.2) is 11.5 Å². The van der Waals surface area contributed by atoms with Gasteiger partial charge in [0.1, 0.15) is 0 Å². The number of hydrogen-bond donors (Lipinski definition) is 3. The zero-order valence-electron chi connectivity index (χ0n) is 14.3. The highest BCUT2D eigenvalue weighted by Gasteiger charge is 2.09. The van der Waals surface area contributed by atoms with E-state index in [2.05, 4.69) is 31.8 Å². The molecule has 0 aliphatic heterocycles. The van der Waals surface area contributed by atoms with Crippen molar-refractivity contribution in [3.63, 3.8) is 0 Å². The monoisotopic (exact) mass is 453 g/mol. The van der Waals surface area contributed by atoms with E-state index >= 15 is 0 Å². The number of carbonyl (C=O) groups is 2. The zero-order valence-corrected chi connectivity index (χ0v) is 16.7. The Kier molecular flexibility index (Phi) is 7.63. The topological polar surface area (TPSA) is 100 Å². The van der Waals surface area contributed by atoms with E-state index in [9.17, 15) is 14.7 Å². The minimum Gasteiger partial charge on any atom is -0.504 e. The minimum absolute atomic E-state index is 0.0101. The molecule has 2 aromatic rings. The van der Waals surface area contributed by atoms with Crippen LogP contribution in [0, 0.1) is 0 Å². The van der Waals surface area contributed by atoms with Gasteiger partial charge in [-0.1, -0.05) is 33.6 Å². The van der Waals surface area contributed by atoms with Crippen LogP contribution in [0.3, 0.4) is 0 Å². The van der Waals surface area contributed by atoms with E-state index < -0.39 is 5.91 Å². The number of amides is 2.